The maximum absolute atomic E-state index is 13.2. The summed E-state index contributed by atoms with van der Waals surface area (Å²) in [5.41, 5.74) is 0.995. The van der Waals surface area contributed by atoms with E-state index < -0.39 is 5.72 Å². The molecule has 5 nitrogen and oxygen atoms in total. The molecular weight excluding hydrogens is 376 g/mol. The minimum atomic E-state index is -1.68. The second kappa shape index (κ2) is 6.19. The summed E-state index contributed by atoms with van der Waals surface area (Å²) in [5, 5.41) is 12.5. The molecular formula is C22H15ClN2O3. The van der Waals surface area contributed by atoms with Crippen LogP contribution in [0.25, 0.3) is 0 Å². The van der Waals surface area contributed by atoms with Gasteiger partial charge < -0.3 is 9.84 Å². The van der Waals surface area contributed by atoms with Gasteiger partial charge in [0.15, 0.2) is 5.72 Å². The number of nitrogens with zero attached hydrogens (tertiary/aromatic N) is 2. The number of carbonyl (C=O) groups excluding carboxylic acids is 1. The van der Waals surface area contributed by atoms with E-state index in [2.05, 4.69) is 4.99 Å². The molecule has 2 aliphatic heterocycles. The number of benzene rings is 3. The zero-order valence-electron chi connectivity index (χ0n) is 14.7. The van der Waals surface area contributed by atoms with Crippen LogP contribution < -0.4 is 9.64 Å². The molecule has 0 saturated carbocycles. The smallest absolute Gasteiger partial charge is 0.261 e. The highest BCUT2D eigenvalue weighted by Gasteiger charge is 2.50. The average Bonchev–Trinajstić information content (AvgIpc) is 2.97. The first-order valence-corrected chi connectivity index (χ1v) is 9.19. The van der Waals surface area contributed by atoms with Gasteiger partial charge in [-0.15, -0.1) is 0 Å². The molecule has 1 unspecified atom stereocenters. The molecule has 138 valence electrons. The van der Waals surface area contributed by atoms with E-state index in [0.29, 0.717) is 45.4 Å². The van der Waals surface area contributed by atoms with Gasteiger partial charge in [0.1, 0.15) is 18.0 Å². The van der Waals surface area contributed by atoms with E-state index in [1.807, 2.05) is 6.07 Å². The van der Waals surface area contributed by atoms with Crippen molar-refractivity contribution in [3.63, 3.8) is 0 Å². The molecule has 28 heavy (non-hydrogen) atoms. The Balaban J connectivity index is 1.74. The Morgan fingerprint density at radius 3 is 2.68 bits per heavy atom. The van der Waals surface area contributed by atoms with Crippen LogP contribution in [-0.4, -0.2) is 23.8 Å². The van der Waals surface area contributed by atoms with Gasteiger partial charge in [-0.2, -0.15) is 0 Å². The predicted octanol–water partition coefficient (Wildman–Crippen LogP) is 4.29. The molecule has 1 N–H and O–H groups in total. The molecule has 0 saturated heterocycles. The number of aliphatic imine (C=N–C) groups is 1. The maximum Gasteiger partial charge on any atom is 0.261 e. The van der Waals surface area contributed by atoms with Crippen molar-refractivity contribution in [2.45, 2.75) is 5.72 Å². The Kier molecular flexibility index (Phi) is 3.75. The number of hydrogen-bond donors (Lipinski definition) is 1. The molecule has 0 fully saturated rings. The summed E-state index contributed by atoms with van der Waals surface area (Å²) < 4.78 is 5.56. The number of carbonyl (C=O) groups is 1. The monoisotopic (exact) mass is 390 g/mol. The zero-order valence-corrected chi connectivity index (χ0v) is 15.4. The summed E-state index contributed by atoms with van der Waals surface area (Å²) in [5.74, 6) is 0.364. The predicted molar refractivity (Wildman–Crippen MR) is 108 cm³/mol. The summed E-state index contributed by atoms with van der Waals surface area (Å²) in [4.78, 5) is 19.0. The van der Waals surface area contributed by atoms with Gasteiger partial charge in [-0.3, -0.25) is 14.7 Å². The molecule has 0 bridgehead atoms. The van der Waals surface area contributed by atoms with E-state index in [0.717, 1.165) is 0 Å². The van der Waals surface area contributed by atoms with Gasteiger partial charge >= 0.3 is 0 Å². The maximum atomic E-state index is 13.2. The van der Waals surface area contributed by atoms with Gasteiger partial charge in [0.25, 0.3) is 5.91 Å². The van der Waals surface area contributed by atoms with Gasteiger partial charge in [-0.25, -0.2) is 0 Å². The van der Waals surface area contributed by atoms with E-state index >= 15 is 0 Å². The molecule has 0 radical (unpaired) electrons. The highest BCUT2D eigenvalue weighted by atomic mass is 35.5. The van der Waals surface area contributed by atoms with Crippen LogP contribution in [0.15, 0.2) is 71.7 Å². The first-order valence-electron chi connectivity index (χ1n) is 8.81. The van der Waals surface area contributed by atoms with Crippen LogP contribution in [0.4, 0.5) is 11.4 Å². The highest BCUT2D eigenvalue weighted by molar-refractivity contribution is 6.30. The van der Waals surface area contributed by atoms with E-state index in [-0.39, 0.29) is 5.91 Å². The van der Waals surface area contributed by atoms with Gasteiger partial charge in [-0.05, 0) is 48.5 Å². The zero-order chi connectivity index (χ0) is 19.3. The Hall–Kier alpha value is -3.15. The van der Waals surface area contributed by atoms with E-state index in [4.69, 9.17) is 16.3 Å². The number of halogens is 1. The van der Waals surface area contributed by atoms with Crippen LogP contribution in [0.1, 0.15) is 21.5 Å². The van der Waals surface area contributed by atoms with E-state index in [1.54, 1.807) is 66.9 Å². The number of fused-ring (bicyclic) bond motifs is 2. The molecule has 2 heterocycles. The summed E-state index contributed by atoms with van der Waals surface area (Å²) in [6.45, 7) is 0.412. The van der Waals surface area contributed by atoms with Gasteiger partial charge in [0, 0.05) is 33.6 Å². The molecule has 6 heteroatoms. The second-order valence-electron chi connectivity index (χ2n) is 6.64. The second-order valence-corrected chi connectivity index (χ2v) is 7.08. The lowest BCUT2D eigenvalue weighted by atomic mass is 9.93. The van der Waals surface area contributed by atoms with Crippen LogP contribution in [0.3, 0.4) is 0 Å². The number of ether oxygens (including phenoxy) is 1. The lowest BCUT2D eigenvalue weighted by Gasteiger charge is -2.35. The normalized spacial score (nSPS) is 19.9. The largest absolute Gasteiger partial charge is 0.486 e. The SMILES string of the molecule is O=C1c2ccccc2C(O)(c2ccc3c(c2)N=CCO3)N1c1ccc(Cl)cc1. The lowest BCUT2D eigenvalue weighted by molar-refractivity contribution is 0.0703. The fourth-order valence-electron chi connectivity index (χ4n) is 3.76. The van der Waals surface area contributed by atoms with Crippen molar-refractivity contribution in [3.05, 3.63) is 88.4 Å². The van der Waals surface area contributed by atoms with Crippen LogP contribution in [-0.2, 0) is 5.72 Å². The van der Waals surface area contributed by atoms with Crippen LogP contribution in [0, 0.1) is 0 Å². The summed E-state index contributed by atoms with van der Waals surface area (Å²) >= 11 is 6.02. The van der Waals surface area contributed by atoms with Crippen LogP contribution in [0.2, 0.25) is 5.02 Å². The summed E-state index contributed by atoms with van der Waals surface area (Å²) in [7, 11) is 0. The van der Waals surface area contributed by atoms with Crippen molar-refractivity contribution in [1.29, 1.82) is 0 Å². The Bertz CT molecular complexity index is 1130. The van der Waals surface area contributed by atoms with E-state index in [9.17, 15) is 9.90 Å². The van der Waals surface area contributed by atoms with Crippen LogP contribution >= 0.6 is 11.6 Å². The number of aliphatic hydroxyl groups is 1. The third kappa shape index (κ3) is 2.37. The number of rotatable bonds is 2. The van der Waals surface area contributed by atoms with Crippen molar-refractivity contribution < 1.29 is 14.6 Å². The van der Waals surface area contributed by atoms with Crippen LogP contribution in [0.5, 0.6) is 5.75 Å². The third-order valence-electron chi connectivity index (χ3n) is 5.05. The number of hydrogen-bond acceptors (Lipinski definition) is 4. The fraction of sp³-hybridized carbons (Fsp3) is 0.0909. The van der Waals surface area contributed by atoms with Crippen molar-refractivity contribution in [2.75, 3.05) is 11.5 Å². The average molecular weight is 391 g/mol. The van der Waals surface area contributed by atoms with Gasteiger partial charge in [0.05, 0.1) is 0 Å². The van der Waals surface area contributed by atoms with Crippen molar-refractivity contribution in [1.82, 2.24) is 0 Å². The molecule has 1 amide bonds. The molecule has 0 aliphatic carbocycles. The molecule has 3 aromatic carbocycles. The first kappa shape index (κ1) is 17.0. The van der Waals surface area contributed by atoms with E-state index in [1.165, 1.54) is 4.90 Å². The molecule has 1 atom stereocenters. The Morgan fingerprint density at radius 1 is 1.07 bits per heavy atom. The summed E-state index contributed by atoms with van der Waals surface area (Å²) in [6.07, 6.45) is 1.67. The van der Waals surface area contributed by atoms with Gasteiger partial charge in [-0.1, -0.05) is 29.8 Å². The minimum Gasteiger partial charge on any atom is -0.486 e. The molecule has 2 aliphatic rings. The number of anilines is 1. The molecule has 0 spiro atoms. The van der Waals surface area contributed by atoms with Crippen molar-refractivity contribution in [2.24, 2.45) is 4.99 Å². The lowest BCUT2D eigenvalue weighted by Crippen LogP contribution is -2.45. The minimum absolute atomic E-state index is 0.280. The molecule has 0 aromatic heterocycles. The third-order valence-corrected chi connectivity index (χ3v) is 5.30. The molecule has 3 aromatic rings. The standard InChI is InChI=1S/C22H15ClN2O3/c23-15-6-8-16(9-7-15)25-21(26)17-3-1-2-4-18(17)22(25,27)14-5-10-20-19(13-14)24-11-12-28-20/h1-11,13,27H,12H2. The Morgan fingerprint density at radius 2 is 1.86 bits per heavy atom. The fourth-order valence-corrected chi connectivity index (χ4v) is 3.89. The number of amides is 1. The Labute approximate surface area is 166 Å². The summed E-state index contributed by atoms with van der Waals surface area (Å²) in [6, 6.07) is 19.2. The topological polar surface area (TPSA) is 62.1 Å². The molecule has 5 rings (SSSR count). The van der Waals surface area contributed by atoms with Gasteiger partial charge in [0.2, 0.25) is 0 Å². The van der Waals surface area contributed by atoms with Crippen molar-refractivity contribution in [3.8, 4) is 5.75 Å². The quantitative estimate of drug-likeness (QED) is 0.710. The first-order chi connectivity index (χ1) is 13.6. The van der Waals surface area contributed by atoms with Crippen molar-refractivity contribution >= 4 is 35.1 Å². The highest BCUT2D eigenvalue weighted by Crippen LogP contribution is 2.46.